The molecule has 1 aromatic carbocycles. The number of H-pyrrole nitrogens is 1. The SMILES string of the molecule is C[C@H](NC(=O)[C@@H](NC(=O)[C@@H](N)Cc1c[nH]c2ccccc12)[C@@H](C)O)C(=O)O. The molecule has 0 aliphatic rings. The van der Waals surface area contributed by atoms with Crippen molar-refractivity contribution in [3.63, 3.8) is 0 Å². The third-order valence-electron chi connectivity index (χ3n) is 4.24. The van der Waals surface area contributed by atoms with E-state index in [4.69, 9.17) is 10.8 Å². The number of para-hydroxylation sites is 1. The zero-order chi connectivity index (χ0) is 20.1. The van der Waals surface area contributed by atoms with E-state index in [1.807, 2.05) is 24.3 Å². The lowest BCUT2D eigenvalue weighted by molar-refractivity contribution is -0.142. The molecule has 0 saturated heterocycles. The molecular weight excluding hydrogens is 352 g/mol. The van der Waals surface area contributed by atoms with E-state index in [0.717, 1.165) is 16.5 Å². The monoisotopic (exact) mass is 376 g/mol. The molecular formula is C18H24N4O5. The van der Waals surface area contributed by atoms with E-state index >= 15 is 0 Å². The van der Waals surface area contributed by atoms with E-state index in [-0.39, 0.29) is 6.42 Å². The van der Waals surface area contributed by atoms with Gasteiger partial charge in [0.1, 0.15) is 12.1 Å². The van der Waals surface area contributed by atoms with Crippen LogP contribution >= 0.6 is 0 Å². The van der Waals surface area contributed by atoms with Crippen molar-refractivity contribution in [2.24, 2.45) is 5.73 Å². The van der Waals surface area contributed by atoms with Gasteiger partial charge in [0, 0.05) is 17.1 Å². The van der Waals surface area contributed by atoms with Crippen LogP contribution in [0.2, 0.25) is 0 Å². The van der Waals surface area contributed by atoms with Crippen LogP contribution in [0.15, 0.2) is 30.5 Å². The molecule has 9 heteroatoms. The minimum Gasteiger partial charge on any atom is -0.480 e. The average Bonchev–Trinajstić information content (AvgIpc) is 3.01. The molecule has 9 nitrogen and oxygen atoms in total. The first-order valence-corrected chi connectivity index (χ1v) is 8.53. The lowest BCUT2D eigenvalue weighted by atomic mass is 10.0. The van der Waals surface area contributed by atoms with Gasteiger partial charge in [0.15, 0.2) is 0 Å². The number of benzene rings is 1. The van der Waals surface area contributed by atoms with Crippen molar-refractivity contribution in [2.75, 3.05) is 0 Å². The number of aromatic nitrogens is 1. The Hall–Kier alpha value is -2.91. The van der Waals surface area contributed by atoms with Gasteiger partial charge in [-0.25, -0.2) is 0 Å². The molecule has 0 bridgehead atoms. The first-order chi connectivity index (χ1) is 12.7. The largest absolute Gasteiger partial charge is 0.480 e. The third-order valence-corrected chi connectivity index (χ3v) is 4.24. The average molecular weight is 376 g/mol. The number of nitrogens with one attached hydrogen (secondary N) is 3. The van der Waals surface area contributed by atoms with Gasteiger partial charge in [-0.2, -0.15) is 0 Å². The topological polar surface area (TPSA) is 158 Å². The molecule has 1 heterocycles. The molecule has 0 unspecified atom stereocenters. The minimum absolute atomic E-state index is 0.232. The van der Waals surface area contributed by atoms with E-state index in [9.17, 15) is 19.5 Å². The van der Waals surface area contributed by atoms with Crippen molar-refractivity contribution >= 4 is 28.7 Å². The number of carboxylic acid groups (broad SMARTS) is 1. The highest BCUT2D eigenvalue weighted by atomic mass is 16.4. The van der Waals surface area contributed by atoms with Crippen molar-refractivity contribution in [3.8, 4) is 0 Å². The summed E-state index contributed by atoms with van der Waals surface area (Å²) in [6.07, 6.45) is 0.774. The van der Waals surface area contributed by atoms with Crippen molar-refractivity contribution in [2.45, 2.75) is 44.5 Å². The van der Waals surface area contributed by atoms with Crippen LogP contribution in [0.4, 0.5) is 0 Å². The zero-order valence-electron chi connectivity index (χ0n) is 15.1. The Morgan fingerprint density at radius 2 is 1.81 bits per heavy atom. The van der Waals surface area contributed by atoms with Gasteiger partial charge in [0.05, 0.1) is 12.1 Å². The number of hydrogen-bond acceptors (Lipinski definition) is 5. The van der Waals surface area contributed by atoms with E-state index in [1.165, 1.54) is 13.8 Å². The number of aliphatic hydroxyl groups excluding tert-OH is 1. The zero-order valence-corrected chi connectivity index (χ0v) is 15.1. The van der Waals surface area contributed by atoms with Crippen LogP contribution in [0.1, 0.15) is 19.4 Å². The summed E-state index contributed by atoms with van der Waals surface area (Å²) < 4.78 is 0. The molecule has 1 aromatic heterocycles. The smallest absolute Gasteiger partial charge is 0.325 e. The lowest BCUT2D eigenvalue weighted by Gasteiger charge is -2.23. The summed E-state index contributed by atoms with van der Waals surface area (Å²) in [6, 6.07) is 4.16. The van der Waals surface area contributed by atoms with Gasteiger partial charge in [0.2, 0.25) is 11.8 Å². The van der Waals surface area contributed by atoms with Crippen molar-refractivity contribution in [1.82, 2.24) is 15.6 Å². The summed E-state index contributed by atoms with van der Waals surface area (Å²) in [5, 5.41) is 24.2. The van der Waals surface area contributed by atoms with Crippen LogP contribution in [0.5, 0.6) is 0 Å². The summed E-state index contributed by atoms with van der Waals surface area (Å²) in [6.45, 7) is 2.60. The highest BCUT2D eigenvalue weighted by molar-refractivity contribution is 5.92. The van der Waals surface area contributed by atoms with E-state index < -0.39 is 42.0 Å². The maximum atomic E-state index is 12.4. The van der Waals surface area contributed by atoms with Crippen molar-refractivity contribution in [1.29, 1.82) is 0 Å². The number of aliphatic carboxylic acids is 1. The predicted octanol–water partition coefficient (Wildman–Crippen LogP) is -0.507. The molecule has 27 heavy (non-hydrogen) atoms. The second-order valence-corrected chi connectivity index (χ2v) is 6.47. The normalized spacial score (nSPS) is 15.6. The molecule has 0 aliphatic heterocycles. The van der Waals surface area contributed by atoms with E-state index in [1.54, 1.807) is 6.20 Å². The minimum atomic E-state index is -1.31. The molecule has 146 valence electrons. The summed E-state index contributed by atoms with van der Waals surface area (Å²) in [5.74, 6) is -2.65. The Kier molecular flexibility index (Phi) is 6.54. The number of amides is 2. The first kappa shape index (κ1) is 20.4. The van der Waals surface area contributed by atoms with Crippen LogP contribution in [0.25, 0.3) is 10.9 Å². The molecule has 2 amide bonds. The van der Waals surface area contributed by atoms with Gasteiger partial charge in [-0.1, -0.05) is 18.2 Å². The number of aliphatic hydroxyl groups is 1. The number of rotatable bonds is 8. The first-order valence-electron chi connectivity index (χ1n) is 8.53. The summed E-state index contributed by atoms with van der Waals surface area (Å²) in [5.41, 5.74) is 7.74. The van der Waals surface area contributed by atoms with Gasteiger partial charge in [0.25, 0.3) is 0 Å². The fraction of sp³-hybridized carbons (Fsp3) is 0.389. The van der Waals surface area contributed by atoms with Crippen LogP contribution in [0.3, 0.4) is 0 Å². The Morgan fingerprint density at radius 1 is 1.15 bits per heavy atom. The molecule has 2 aromatic rings. The Bertz CT molecular complexity index is 832. The number of hydrogen-bond donors (Lipinski definition) is 6. The third kappa shape index (κ3) is 5.05. The quantitative estimate of drug-likeness (QED) is 0.364. The van der Waals surface area contributed by atoms with E-state index in [2.05, 4.69) is 15.6 Å². The highest BCUT2D eigenvalue weighted by Gasteiger charge is 2.29. The molecule has 2 rings (SSSR count). The molecule has 0 fully saturated rings. The predicted molar refractivity (Wildman–Crippen MR) is 98.8 cm³/mol. The number of carbonyl (C=O) groups excluding carboxylic acids is 2. The highest BCUT2D eigenvalue weighted by Crippen LogP contribution is 2.18. The Balaban J connectivity index is 2.03. The van der Waals surface area contributed by atoms with Gasteiger partial charge in [-0.3, -0.25) is 14.4 Å². The summed E-state index contributed by atoms with van der Waals surface area (Å²) >= 11 is 0. The number of carboxylic acids is 1. The van der Waals surface area contributed by atoms with Crippen LogP contribution < -0.4 is 16.4 Å². The van der Waals surface area contributed by atoms with Gasteiger partial charge in [-0.05, 0) is 31.9 Å². The maximum Gasteiger partial charge on any atom is 0.325 e. The van der Waals surface area contributed by atoms with Gasteiger partial charge in [-0.15, -0.1) is 0 Å². The maximum absolute atomic E-state index is 12.4. The second-order valence-electron chi connectivity index (χ2n) is 6.47. The number of nitrogens with two attached hydrogens (primary N) is 1. The summed E-state index contributed by atoms with van der Waals surface area (Å²) in [4.78, 5) is 38.5. The number of aromatic amines is 1. The van der Waals surface area contributed by atoms with E-state index in [0.29, 0.717) is 0 Å². The standard InChI is InChI=1S/C18H24N4O5/c1-9(18(26)27)21-17(25)15(10(2)23)22-16(24)13(19)7-11-8-20-14-6-4-3-5-12(11)14/h3-6,8-10,13,15,20,23H,7,19H2,1-2H3,(H,21,25)(H,22,24)(H,26,27)/t9-,10+,13-,15-/m0/s1. The molecule has 7 N–H and O–H groups in total. The van der Waals surface area contributed by atoms with Gasteiger partial charge < -0.3 is 31.6 Å². The molecule has 0 radical (unpaired) electrons. The summed E-state index contributed by atoms with van der Waals surface area (Å²) in [7, 11) is 0. The van der Waals surface area contributed by atoms with Crippen LogP contribution in [-0.2, 0) is 20.8 Å². The fourth-order valence-electron chi connectivity index (χ4n) is 2.66. The Morgan fingerprint density at radius 3 is 2.44 bits per heavy atom. The molecule has 0 saturated carbocycles. The van der Waals surface area contributed by atoms with Crippen LogP contribution in [-0.4, -0.2) is 57.2 Å². The van der Waals surface area contributed by atoms with Gasteiger partial charge >= 0.3 is 5.97 Å². The second kappa shape index (κ2) is 8.65. The number of fused-ring (bicyclic) bond motifs is 1. The molecule has 4 atom stereocenters. The molecule has 0 spiro atoms. The lowest BCUT2D eigenvalue weighted by Crippen LogP contribution is -2.58. The van der Waals surface area contributed by atoms with Crippen molar-refractivity contribution < 1.29 is 24.6 Å². The number of carbonyl (C=O) groups is 3. The molecule has 0 aliphatic carbocycles. The Labute approximate surface area is 155 Å². The van der Waals surface area contributed by atoms with Crippen LogP contribution in [0, 0.1) is 0 Å². The fourth-order valence-corrected chi connectivity index (χ4v) is 2.66. The van der Waals surface area contributed by atoms with Crippen molar-refractivity contribution in [3.05, 3.63) is 36.0 Å².